The lowest BCUT2D eigenvalue weighted by atomic mass is 10.3. The molecule has 124 valence electrons. The Balaban J connectivity index is 2.21. The van der Waals surface area contributed by atoms with Crippen molar-refractivity contribution in [2.45, 2.75) is 6.92 Å². The van der Waals surface area contributed by atoms with Gasteiger partial charge in [-0.1, -0.05) is 11.6 Å². The number of aromatic nitrogens is 4. The van der Waals surface area contributed by atoms with E-state index in [9.17, 15) is 9.18 Å². The molecule has 0 aliphatic carbocycles. The zero-order valence-corrected chi connectivity index (χ0v) is 13.5. The van der Waals surface area contributed by atoms with E-state index >= 15 is 0 Å². The van der Waals surface area contributed by atoms with Crippen molar-refractivity contribution in [2.24, 2.45) is 0 Å². The van der Waals surface area contributed by atoms with Crippen molar-refractivity contribution in [2.75, 3.05) is 13.7 Å². The summed E-state index contributed by atoms with van der Waals surface area (Å²) in [6.45, 7) is 1.86. The summed E-state index contributed by atoms with van der Waals surface area (Å²) < 4.78 is 24.8. The standard InChI is InChI=1S/C15H12ClFN4O3/c1-3-24-15(22)13-19-12(16)9-7-18-21(14(9)20-13)10-5-4-8(17)6-11(10)23-2/h4-7H,3H2,1-2H3. The lowest BCUT2D eigenvalue weighted by Crippen LogP contribution is -2.11. The number of benzene rings is 1. The molecule has 0 unspecified atom stereocenters. The van der Waals surface area contributed by atoms with E-state index in [0.29, 0.717) is 11.1 Å². The topological polar surface area (TPSA) is 79.1 Å². The maximum Gasteiger partial charge on any atom is 0.376 e. The SMILES string of the molecule is CCOC(=O)c1nc(Cl)c2cnn(-c3ccc(F)cc3OC)c2n1. The fourth-order valence-electron chi connectivity index (χ4n) is 2.16. The van der Waals surface area contributed by atoms with Crippen LogP contribution in [-0.2, 0) is 4.74 Å². The molecule has 0 N–H and O–H groups in total. The number of hydrogen-bond acceptors (Lipinski definition) is 6. The molecule has 0 saturated heterocycles. The minimum Gasteiger partial charge on any atom is -0.494 e. The molecule has 0 atom stereocenters. The third-order valence-electron chi connectivity index (χ3n) is 3.21. The fraction of sp³-hybridized carbons (Fsp3) is 0.200. The number of hydrogen-bond donors (Lipinski definition) is 0. The zero-order chi connectivity index (χ0) is 17.3. The molecule has 0 aliphatic rings. The second kappa shape index (κ2) is 6.40. The number of carbonyl (C=O) groups is 1. The van der Waals surface area contributed by atoms with Gasteiger partial charge in [-0.05, 0) is 19.1 Å². The van der Waals surface area contributed by atoms with E-state index in [1.165, 1.54) is 36.2 Å². The van der Waals surface area contributed by atoms with Crippen LogP contribution in [0.5, 0.6) is 5.75 Å². The second-order valence-corrected chi connectivity index (χ2v) is 5.03. The molecule has 0 radical (unpaired) electrons. The summed E-state index contributed by atoms with van der Waals surface area (Å²) in [5.41, 5.74) is 0.724. The van der Waals surface area contributed by atoms with Crippen molar-refractivity contribution in [1.29, 1.82) is 0 Å². The Morgan fingerprint density at radius 1 is 1.38 bits per heavy atom. The van der Waals surface area contributed by atoms with Crippen LogP contribution in [0.15, 0.2) is 24.4 Å². The first-order valence-corrected chi connectivity index (χ1v) is 7.35. The Labute approximate surface area is 141 Å². The van der Waals surface area contributed by atoms with Gasteiger partial charge in [0.1, 0.15) is 22.4 Å². The van der Waals surface area contributed by atoms with E-state index in [0.717, 1.165) is 0 Å². The van der Waals surface area contributed by atoms with Gasteiger partial charge in [0.25, 0.3) is 0 Å². The normalized spacial score (nSPS) is 10.8. The van der Waals surface area contributed by atoms with Crippen molar-refractivity contribution in [3.63, 3.8) is 0 Å². The van der Waals surface area contributed by atoms with Crippen LogP contribution in [0.3, 0.4) is 0 Å². The maximum absolute atomic E-state index is 13.4. The zero-order valence-electron chi connectivity index (χ0n) is 12.8. The third kappa shape index (κ3) is 2.76. The highest BCUT2D eigenvalue weighted by atomic mass is 35.5. The molecule has 3 rings (SSSR count). The molecule has 2 aromatic heterocycles. The monoisotopic (exact) mass is 350 g/mol. The summed E-state index contributed by atoms with van der Waals surface area (Å²) in [5.74, 6) is -1.07. The van der Waals surface area contributed by atoms with E-state index in [4.69, 9.17) is 21.1 Å². The van der Waals surface area contributed by atoms with Crippen molar-refractivity contribution in [1.82, 2.24) is 19.7 Å². The minimum absolute atomic E-state index is 0.0652. The molecule has 7 nitrogen and oxygen atoms in total. The van der Waals surface area contributed by atoms with Gasteiger partial charge in [0.05, 0.1) is 25.3 Å². The summed E-state index contributed by atoms with van der Waals surface area (Å²) >= 11 is 6.10. The molecule has 0 saturated carbocycles. The highest BCUT2D eigenvalue weighted by Crippen LogP contribution is 2.28. The Morgan fingerprint density at radius 3 is 2.88 bits per heavy atom. The molecule has 24 heavy (non-hydrogen) atoms. The number of ether oxygens (including phenoxy) is 2. The molecule has 0 fully saturated rings. The number of methoxy groups -OCH3 is 1. The van der Waals surface area contributed by atoms with E-state index in [1.54, 1.807) is 6.92 Å². The maximum atomic E-state index is 13.4. The van der Waals surface area contributed by atoms with Crippen molar-refractivity contribution >= 4 is 28.6 Å². The van der Waals surface area contributed by atoms with E-state index in [1.807, 2.05) is 0 Å². The van der Waals surface area contributed by atoms with Crippen LogP contribution >= 0.6 is 11.6 Å². The van der Waals surface area contributed by atoms with Crippen LogP contribution in [0.4, 0.5) is 4.39 Å². The van der Waals surface area contributed by atoms with Gasteiger partial charge in [-0.2, -0.15) is 5.10 Å². The van der Waals surface area contributed by atoms with Crippen LogP contribution in [-0.4, -0.2) is 39.4 Å². The molecule has 0 aliphatic heterocycles. The largest absolute Gasteiger partial charge is 0.494 e. The van der Waals surface area contributed by atoms with Crippen molar-refractivity contribution in [3.8, 4) is 11.4 Å². The Bertz CT molecular complexity index is 928. The van der Waals surface area contributed by atoms with E-state index < -0.39 is 11.8 Å². The number of esters is 1. The predicted octanol–water partition coefficient (Wildman–Crippen LogP) is 2.79. The van der Waals surface area contributed by atoms with Gasteiger partial charge in [0.2, 0.25) is 5.82 Å². The highest BCUT2D eigenvalue weighted by molar-refractivity contribution is 6.34. The number of fused-ring (bicyclic) bond motifs is 1. The third-order valence-corrected chi connectivity index (χ3v) is 3.50. The number of halogens is 2. The van der Waals surface area contributed by atoms with Crippen LogP contribution in [0, 0.1) is 5.82 Å². The van der Waals surface area contributed by atoms with Gasteiger partial charge in [0, 0.05) is 6.07 Å². The van der Waals surface area contributed by atoms with Gasteiger partial charge >= 0.3 is 5.97 Å². The molecule has 3 aromatic rings. The summed E-state index contributed by atoms with van der Waals surface area (Å²) in [6, 6.07) is 3.97. The highest BCUT2D eigenvalue weighted by Gasteiger charge is 2.19. The van der Waals surface area contributed by atoms with Crippen LogP contribution in [0.2, 0.25) is 5.15 Å². The minimum atomic E-state index is -0.694. The summed E-state index contributed by atoms with van der Waals surface area (Å²) in [7, 11) is 1.41. The van der Waals surface area contributed by atoms with E-state index in [-0.39, 0.29) is 29.0 Å². The molecular formula is C15H12ClFN4O3. The van der Waals surface area contributed by atoms with Crippen LogP contribution in [0.1, 0.15) is 17.5 Å². The Kier molecular flexibility index (Phi) is 4.30. The Morgan fingerprint density at radius 2 is 2.17 bits per heavy atom. The fourth-order valence-corrected chi connectivity index (χ4v) is 2.38. The van der Waals surface area contributed by atoms with Gasteiger partial charge in [-0.15, -0.1) is 0 Å². The second-order valence-electron chi connectivity index (χ2n) is 4.67. The average Bonchev–Trinajstić information content (AvgIpc) is 2.99. The molecule has 0 amide bonds. The smallest absolute Gasteiger partial charge is 0.376 e. The Hall–Kier alpha value is -2.74. The van der Waals surface area contributed by atoms with Gasteiger partial charge in [0.15, 0.2) is 5.65 Å². The summed E-state index contributed by atoms with van der Waals surface area (Å²) in [5, 5.41) is 4.69. The first-order valence-electron chi connectivity index (χ1n) is 6.97. The summed E-state index contributed by atoms with van der Waals surface area (Å²) in [6.07, 6.45) is 1.45. The first kappa shape index (κ1) is 16.1. The van der Waals surface area contributed by atoms with Gasteiger partial charge < -0.3 is 9.47 Å². The lowest BCUT2D eigenvalue weighted by molar-refractivity contribution is 0.0512. The lowest BCUT2D eigenvalue weighted by Gasteiger charge is -2.09. The molecule has 0 spiro atoms. The molecule has 9 heteroatoms. The van der Waals surface area contributed by atoms with Crippen LogP contribution in [0.25, 0.3) is 16.7 Å². The predicted molar refractivity (Wildman–Crippen MR) is 84.1 cm³/mol. The van der Waals surface area contributed by atoms with Crippen molar-refractivity contribution in [3.05, 3.63) is 41.2 Å². The molecular weight excluding hydrogens is 339 g/mol. The number of rotatable bonds is 4. The quantitative estimate of drug-likeness (QED) is 0.532. The number of nitrogens with zero attached hydrogens (tertiary/aromatic N) is 4. The van der Waals surface area contributed by atoms with Crippen LogP contribution < -0.4 is 4.74 Å². The summed E-state index contributed by atoms with van der Waals surface area (Å²) in [4.78, 5) is 20.0. The van der Waals surface area contributed by atoms with Crippen molar-refractivity contribution < 1.29 is 18.7 Å². The average molecular weight is 351 g/mol. The van der Waals surface area contributed by atoms with E-state index in [2.05, 4.69) is 15.1 Å². The van der Waals surface area contributed by atoms with Gasteiger partial charge in [-0.25, -0.2) is 23.8 Å². The first-order chi connectivity index (χ1) is 11.5. The molecule has 1 aromatic carbocycles. The number of carbonyl (C=O) groups excluding carboxylic acids is 1. The van der Waals surface area contributed by atoms with Gasteiger partial charge in [-0.3, -0.25) is 0 Å². The molecule has 2 heterocycles. The molecule has 0 bridgehead atoms.